The lowest BCUT2D eigenvalue weighted by atomic mass is 10.1. The van der Waals surface area contributed by atoms with Crippen molar-refractivity contribution in [2.24, 2.45) is 5.73 Å². The monoisotopic (exact) mass is 353 g/mol. The van der Waals surface area contributed by atoms with Crippen LogP contribution in [0.25, 0.3) is 0 Å². The Morgan fingerprint density at radius 3 is 2.81 bits per heavy atom. The predicted molar refractivity (Wildman–Crippen MR) is 104 cm³/mol. The highest BCUT2D eigenvalue weighted by atomic mass is 16.6. The van der Waals surface area contributed by atoms with Gasteiger partial charge in [0.1, 0.15) is 11.7 Å². The van der Waals surface area contributed by atoms with Crippen LogP contribution in [0.1, 0.15) is 30.9 Å². The number of amidine groups is 1. The van der Waals surface area contributed by atoms with Gasteiger partial charge in [0.15, 0.2) is 0 Å². The van der Waals surface area contributed by atoms with Crippen molar-refractivity contribution in [2.75, 3.05) is 13.2 Å². The number of nitrogens with zero attached hydrogens (tertiary/aromatic N) is 2. The molecule has 0 radical (unpaired) electrons. The average molecular weight is 353 g/mol. The van der Waals surface area contributed by atoms with Crippen molar-refractivity contribution >= 4 is 5.84 Å². The fraction of sp³-hybridized carbons (Fsp3) is 0.350. The van der Waals surface area contributed by atoms with Gasteiger partial charge in [-0.25, -0.2) is 5.48 Å². The van der Waals surface area contributed by atoms with Crippen LogP contribution in [-0.2, 0) is 11.4 Å². The Labute approximate surface area is 155 Å². The molecule has 138 valence electrons. The summed E-state index contributed by atoms with van der Waals surface area (Å²) in [7, 11) is 0. The summed E-state index contributed by atoms with van der Waals surface area (Å²) in [6.45, 7) is 3.82. The third-order valence-electron chi connectivity index (χ3n) is 4.48. The van der Waals surface area contributed by atoms with Gasteiger partial charge < -0.3 is 15.5 Å². The number of nitrogens with one attached hydrogen (secondary N) is 2. The van der Waals surface area contributed by atoms with E-state index in [4.69, 9.17) is 16.0 Å². The van der Waals surface area contributed by atoms with Crippen molar-refractivity contribution in [1.82, 2.24) is 15.3 Å². The second kappa shape index (κ2) is 8.69. The highest BCUT2D eigenvalue weighted by Crippen LogP contribution is 2.29. The molecule has 0 saturated carbocycles. The van der Waals surface area contributed by atoms with E-state index < -0.39 is 0 Å². The fourth-order valence-electron chi connectivity index (χ4n) is 3.16. The first-order chi connectivity index (χ1) is 12.7. The van der Waals surface area contributed by atoms with Crippen LogP contribution in [-0.4, -0.2) is 34.8 Å². The molecule has 1 unspecified atom stereocenters. The number of hydroxylamine groups is 1. The zero-order valence-corrected chi connectivity index (χ0v) is 15.2. The minimum atomic E-state index is 0.236. The second-order valence-corrected chi connectivity index (χ2v) is 6.41. The normalized spacial score (nSPS) is 18.1. The Kier molecular flexibility index (Phi) is 6.09. The summed E-state index contributed by atoms with van der Waals surface area (Å²) in [5.74, 6) is 1.46. The van der Waals surface area contributed by atoms with Crippen LogP contribution in [0.2, 0.25) is 0 Å². The molecular weight excluding hydrogens is 326 g/mol. The lowest BCUT2D eigenvalue weighted by Gasteiger charge is -2.32. The van der Waals surface area contributed by atoms with E-state index in [2.05, 4.69) is 52.8 Å². The molecule has 1 aromatic rings. The third-order valence-corrected chi connectivity index (χ3v) is 4.48. The Morgan fingerprint density at radius 2 is 2.08 bits per heavy atom. The molecule has 6 nitrogen and oxygen atoms in total. The van der Waals surface area contributed by atoms with Crippen molar-refractivity contribution < 1.29 is 4.84 Å². The van der Waals surface area contributed by atoms with Crippen LogP contribution >= 0.6 is 0 Å². The topological polar surface area (TPSA) is 77.6 Å². The highest BCUT2D eigenvalue weighted by Gasteiger charge is 2.26. The van der Waals surface area contributed by atoms with E-state index in [1.165, 1.54) is 17.8 Å². The number of allylic oxidation sites excluding steroid dienone is 2. The van der Waals surface area contributed by atoms with Crippen LogP contribution in [0.5, 0.6) is 0 Å². The molecule has 2 heterocycles. The number of hydrogen-bond donors (Lipinski definition) is 3. The zero-order valence-electron chi connectivity index (χ0n) is 15.2. The van der Waals surface area contributed by atoms with Crippen molar-refractivity contribution in [1.29, 1.82) is 5.41 Å². The van der Waals surface area contributed by atoms with Gasteiger partial charge in [0.2, 0.25) is 0 Å². The lowest BCUT2D eigenvalue weighted by molar-refractivity contribution is 0.0915. The quantitative estimate of drug-likeness (QED) is 0.290. The maximum atomic E-state index is 7.96. The van der Waals surface area contributed by atoms with E-state index in [1.807, 2.05) is 24.3 Å². The molecule has 1 atom stereocenters. The molecule has 26 heavy (non-hydrogen) atoms. The third kappa shape index (κ3) is 4.15. The van der Waals surface area contributed by atoms with Gasteiger partial charge in [0.05, 0.1) is 12.6 Å². The van der Waals surface area contributed by atoms with Gasteiger partial charge in [-0.3, -0.25) is 10.2 Å². The summed E-state index contributed by atoms with van der Waals surface area (Å²) < 4.78 is 0. The molecule has 0 bridgehead atoms. The molecule has 0 fully saturated rings. The number of hydrogen-bond acceptors (Lipinski definition) is 5. The summed E-state index contributed by atoms with van der Waals surface area (Å²) in [6.07, 6.45) is 13.2. The first-order valence-corrected chi connectivity index (χ1v) is 9.10. The zero-order chi connectivity index (χ0) is 18.4. The predicted octanol–water partition coefficient (Wildman–Crippen LogP) is 2.66. The Morgan fingerprint density at radius 1 is 1.27 bits per heavy atom. The Bertz CT molecular complexity index is 707. The average Bonchev–Trinajstić information content (AvgIpc) is 3.07. The number of fused-ring (bicyclic) bond motifs is 1. The molecule has 2 aliphatic heterocycles. The standard InChI is InChI=1S/C20H27N5O/c1-2-4-18-5-3-6-19-24(12-13-25(18)19)15-16-7-9-17(10-8-16)20(22)23-26-14-11-21/h3,5-10,12-13,18H,2,4,11,14-15,21H2,1H3,(H2,22,23). The van der Waals surface area contributed by atoms with Crippen molar-refractivity contribution in [3.63, 3.8) is 0 Å². The summed E-state index contributed by atoms with van der Waals surface area (Å²) in [5.41, 5.74) is 9.95. The lowest BCUT2D eigenvalue weighted by Crippen LogP contribution is -2.32. The van der Waals surface area contributed by atoms with Crippen LogP contribution in [0.3, 0.4) is 0 Å². The molecule has 0 aliphatic carbocycles. The first-order valence-electron chi connectivity index (χ1n) is 9.10. The van der Waals surface area contributed by atoms with E-state index in [9.17, 15) is 0 Å². The van der Waals surface area contributed by atoms with Crippen LogP contribution in [0.4, 0.5) is 0 Å². The van der Waals surface area contributed by atoms with Gasteiger partial charge in [0.25, 0.3) is 0 Å². The minimum Gasteiger partial charge on any atom is -0.329 e. The number of rotatable bonds is 8. The molecule has 2 aliphatic rings. The maximum absolute atomic E-state index is 7.96. The molecule has 0 saturated heterocycles. The van der Waals surface area contributed by atoms with Gasteiger partial charge in [-0.2, -0.15) is 0 Å². The molecule has 0 aromatic heterocycles. The first kappa shape index (κ1) is 18.2. The molecule has 1 aromatic carbocycles. The van der Waals surface area contributed by atoms with Crippen LogP contribution in [0, 0.1) is 5.41 Å². The van der Waals surface area contributed by atoms with E-state index >= 15 is 0 Å². The SMILES string of the molecule is CCCC1C=CC=C2N(Cc3ccc(C(=N)NOCCN)cc3)C=CN21. The van der Waals surface area contributed by atoms with Gasteiger partial charge in [-0.15, -0.1) is 0 Å². The largest absolute Gasteiger partial charge is 0.329 e. The number of nitrogens with two attached hydrogens (primary N) is 1. The summed E-state index contributed by atoms with van der Waals surface area (Å²) in [4.78, 5) is 9.69. The second-order valence-electron chi connectivity index (χ2n) is 6.41. The molecule has 6 heteroatoms. The van der Waals surface area contributed by atoms with Gasteiger partial charge in [-0.1, -0.05) is 49.8 Å². The summed E-state index contributed by atoms with van der Waals surface area (Å²) in [5, 5.41) is 7.96. The van der Waals surface area contributed by atoms with Crippen molar-refractivity contribution in [3.05, 3.63) is 71.8 Å². The van der Waals surface area contributed by atoms with E-state index in [0.717, 1.165) is 18.5 Å². The molecule has 0 spiro atoms. The smallest absolute Gasteiger partial charge is 0.149 e. The van der Waals surface area contributed by atoms with Gasteiger partial charge in [0, 0.05) is 31.1 Å². The van der Waals surface area contributed by atoms with Crippen LogP contribution in [0.15, 0.2) is 60.7 Å². The van der Waals surface area contributed by atoms with Crippen LogP contribution < -0.4 is 11.2 Å². The minimum absolute atomic E-state index is 0.236. The molecule has 4 N–H and O–H groups in total. The number of benzene rings is 1. The summed E-state index contributed by atoms with van der Waals surface area (Å²) in [6, 6.07) is 8.41. The molecule has 3 rings (SSSR count). The van der Waals surface area contributed by atoms with Gasteiger partial charge in [-0.05, 0) is 18.1 Å². The maximum Gasteiger partial charge on any atom is 0.149 e. The van der Waals surface area contributed by atoms with Gasteiger partial charge >= 0.3 is 0 Å². The van der Waals surface area contributed by atoms with Crippen molar-refractivity contribution in [3.8, 4) is 0 Å². The molecule has 0 amide bonds. The summed E-state index contributed by atoms with van der Waals surface area (Å²) >= 11 is 0. The highest BCUT2D eigenvalue weighted by molar-refractivity contribution is 5.95. The van der Waals surface area contributed by atoms with E-state index in [0.29, 0.717) is 19.2 Å². The Hall–Kier alpha value is -2.57. The Balaban J connectivity index is 1.60. The van der Waals surface area contributed by atoms with E-state index in [-0.39, 0.29) is 5.84 Å². The van der Waals surface area contributed by atoms with Crippen molar-refractivity contribution in [2.45, 2.75) is 32.4 Å². The molecular formula is C20H27N5O. The fourth-order valence-corrected chi connectivity index (χ4v) is 3.16. The van der Waals surface area contributed by atoms with E-state index in [1.54, 1.807) is 0 Å².